The summed E-state index contributed by atoms with van der Waals surface area (Å²) in [7, 11) is 0. The molecule has 2 heterocycles. The summed E-state index contributed by atoms with van der Waals surface area (Å²) in [4.78, 5) is 65.7. The molecule has 11 heteroatoms. The summed E-state index contributed by atoms with van der Waals surface area (Å²) in [5, 5.41) is 1.99. The Labute approximate surface area is 233 Å². The molecule has 3 aromatic rings. The first-order valence-corrected chi connectivity index (χ1v) is 13.0. The Bertz CT molecular complexity index is 1430. The molecule has 0 unspecified atom stereocenters. The number of imide groups is 1. The van der Waals surface area contributed by atoms with E-state index >= 15 is 0 Å². The number of ether oxygens (including phenoxy) is 1. The standard InChI is InChI=1S/C28H22Cl2N2O7/c29-17-9-12-21(22(30)14-17)25(34)31(32-26(35)19-4-1-2-5-20(19)27(32)36)15-23(33)16-7-10-18(11-8-16)39-28(37)24-6-3-13-38-24/h3,6-14,19-20H,1-2,4-5,15H2/t19-,20+. The third kappa shape index (κ3) is 5.32. The van der Waals surface area contributed by atoms with Crippen molar-refractivity contribution in [3.05, 3.63) is 87.8 Å². The number of ketones is 1. The van der Waals surface area contributed by atoms with Crippen molar-refractivity contribution in [1.82, 2.24) is 10.0 Å². The molecule has 3 amide bonds. The summed E-state index contributed by atoms with van der Waals surface area (Å²) >= 11 is 12.2. The lowest BCUT2D eigenvalue weighted by Gasteiger charge is -2.30. The zero-order chi connectivity index (χ0) is 27.7. The fourth-order valence-electron chi connectivity index (χ4n) is 4.91. The number of hydrogen-bond acceptors (Lipinski definition) is 7. The molecule has 0 bridgehead atoms. The van der Waals surface area contributed by atoms with Crippen LogP contribution in [0, 0.1) is 11.8 Å². The predicted molar refractivity (Wildman–Crippen MR) is 139 cm³/mol. The molecule has 1 aliphatic carbocycles. The quantitative estimate of drug-likeness (QED) is 0.166. The number of rotatable bonds is 7. The van der Waals surface area contributed by atoms with Crippen molar-refractivity contribution >= 4 is 52.7 Å². The largest absolute Gasteiger partial charge is 0.457 e. The number of fused-ring (bicyclic) bond motifs is 1. The van der Waals surface area contributed by atoms with Crippen molar-refractivity contribution in [2.45, 2.75) is 25.7 Å². The normalized spacial score (nSPS) is 18.6. The monoisotopic (exact) mass is 568 g/mol. The number of Topliss-reactive ketones (excluding diaryl/α,β-unsaturated/α-hetero) is 1. The minimum absolute atomic E-state index is 0.00970. The molecule has 39 heavy (non-hydrogen) atoms. The van der Waals surface area contributed by atoms with E-state index in [1.807, 2.05) is 0 Å². The highest BCUT2D eigenvalue weighted by Crippen LogP contribution is 2.39. The minimum Gasteiger partial charge on any atom is -0.457 e. The van der Waals surface area contributed by atoms with Crippen molar-refractivity contribution < 1.29 is 33.1 Å². The molecular weight excluding hydrogens is 547 g/mol. The maximum absolute atomic E-state index is 13.6. The lowest BCUT2D eigenvalue weighted by molar-refractivity contribution is -0.154. The van der Waals surface area contributed by atoms with Crippen LogP contribution in [0.5, 0.6) is 5.75 Å². The summed E-state index contributed by atoms with van der Waals surface area (Å²) < 4.78 is 10.2. The Hall–Kier alpha value is -3.95. The van der Waals surface area contributed by atoms with Crippen LogP contribution in [-0.2, 0) is 9.59 Å². The molecule has 0 spiro atoms. The zero-order valence-corrected chi connectivity index (χ0v) is 22.0. The summed E-state index contributed by atoms with van der Waals surface area (Å²) in [5.41, 5.74) is 0.161. The van der Waals surface area contributed by atoms with Crippen LogP contribution in [0.4, 0.5) is 0 Å². The first-order chi connectivity index (χ1) is 18.7. The predicted octanol–water partition coefficient (Wildman–Crippen LogP) is 5.22. The number of esters is 1. The van der Waals surface area contributed by atoms with Gasteiger partial charge in [0, 0.05) is 10.6 Å². The van der Waals surface area contributed by atoms with E-state index in [-0.39, 0.29) is 27.7 Å². The van der Waals surface area contributed by atoms with E-state index in [0.29, 0.717) is 17.9 Å². The third-order valence-electron chi connectivity index (χ3n) is 6.86. The number of hydrogen-bond donors (Lipinski definition) is 0. The second-order valence-corrected chi connectivity index (χ2v) is 10.1. The Morgan fingerprint density at radius 3 is 2.21 bits per heavy atom. The van der Waals surface area contributed by atoms with Gasteiger partial charge in [-0.1, -0.05) is 36.0 Å². The van der Waals surface area contributed by atoms with Gasteiger partial charge in [0.05, 0.1) is 28.7 Å². The molecule has 2 fully saturated rings. The van der Waals surface area contributed by atoms with E-state index in [4.69, 9.17) is 32.4 Å². The van der Waals surface area contributed by atoms with Crippen LogP contribution in [0.2, 0.25) is 10.0 Å². The number of nitrogens with zero attached hydrogens (tertiary/aromatic N) is 2. The second-order valence-electron chi connectivity index (χ2n) is 9.29. The highest BCUT2D eigenvalue weighted by molar-refractivity contribution is 6.36. The van der Waals surface area contributed by atoms with E-state index < -0.39 is 47.9 Å². The molecule has 1 aromatic heterocycles. The maximum atomic E-state index is 13.6. The van der Waals surface area contributed by atoms with Gasteiger partial charge in [-0.25, -0.2) is 9.80 Å². The van der Waals surface area contributed by atoms with Crippen molar-refractivity contribution in [3.8, 4) is 5.75 Å². The number of amides is 3. The van der Waals surface area contributed by atoms with Crippen LogP contribution in [-0.4, -0.2) is 46.0 Å². The lowest BCUT2D eigenvalue weighted by atomic mass is 9.81. The summed E-state index contributed by atoms with van der Waals surface area (Å²) in [5.74, 6) is -3.91. The number of benzene rings is 2. The maximum Gasteiger partial charge on any atom is 0.379 e. The van der Waals surface area contributed by atoms with E-state index in [0.717, 1.165) is 22.9 Å². The second kappa shape index (κ2) is 11.0. The number of carbonyl (C=O) groups excluding carboxylic acids is 5. The van der Waals surface area contributed by atoms with Crippen molar-refractivity contribution in [1.29, 1.82) is 0 Å². The molecule has 0 radical (unpaired) electrons. The van der Waals surface area contributed by atoms with Crippen LogP contribution in [0.25, 0.3) is 0 Å². The SMILES string of the molecule is O=C(CN(C(=O)c1ccc(Cl)cc1Cl)N1C(=O)[C@H]2CCCC[C@H]2C1=O)c1ccc(OC(=O)c2ccco2)cc1. The smallest absolute Gasteiger partial charge is 0.379 e. The average molecular weight is 569 g/mol. The van der Waals surface area contributed by atoms with E-state index in [9.17, 15) is 24.0 Å². The molecule has 1 saturated heterocycles. The van der Waals surface area contributed by atoms with E-state index in [2.05, 4.69) is 0 Å². The van der Waals surface area contributed by atoms with Gasteiger partial charge in [-0.15, -0.1) is 0 Å². The fourth-order valence-corrected chi connectivity index (χ4v) is 5.40. The van der Waals surface area contributed by atoms with Gasteiger partial charge in [0.15, 0.2) is 5.78 Å². The highest BCUT2D eigenvalue weighted by Gasteiger charge is 2.52. The molecule has 5 rings (SSSR count). The van der Waals surface area contributed by atoms with Gasteiger partial charge in [-0.2, -0.15) is 5.01 Å². The number of carbonyl (C=O) groups is 5. The van der Waals surface area contributed by atoms with Gasteiger partial charge in [-0.05, 0) is 67.4 Å². The Balaban J connectivity index is 1.40. The third-order valence-corrected chi connectivity index (χ3v) is 7.41. The summed E-state index contributed by atoms with van der Waals surface area (Å²) in [6.07, 6.45) is 4.04. The molecule has 0 N–H and O–H groups in total. The van der Waals surface area contributed by atoms with Crippen LogP contribution < -0.4 is 4.74 Å². The van der Waals surface area contributed by atoms with Crippen molar-refractivity contribution in [2.24, 2.45) is 11.8 Å². The minimum atomic E-state index is -0.783. The van der Waals surface area contributed by atoms with E-state index in [1.54, 1.807) is 6.07 Å². The van der Waals surface area contributed by atoms with Gasteiger partial charge in [-0.3, -0.25) is 19.2 Å². The topological polar surface area (TPSA) is 114 Å². The molecular formula is C28H22Cl2N2O7. The van der Waals surface area contributed by atoms with Gasteiger partial charge >= 0.3 is 5.97 Å². The lowest BCUT2D eigenvalue weighted by Crippen LogP contribution is -2.52. The molecule has 1 aliphatic heterocycles. The molecule has 9 nitrogen and oxygen atoms in total. The van der Waals surface area contributed by atoms with E-state index in [1.165, 1.54) is 54.8 Å². The molecule has 2 aromatic carbocycles. The number of hydrazine groups is 1. The molecule has 1 saturated carbocycles. The van der Waals surface area contributed by atoms with Crippen LogP contribution in [0.1, 0.15) is 57.0 Å². The Kier molecular flexibility index (Phi) is 7.54. The van der Waals surface area contributed by atoms with Crippen LogP contribution in [0.15, 0.2) is 65.3 Å². The van der Waals surface area contributed by atoms with Crippen molar-refractivity contribution in [2.75, 3.05) is 6.54 Å². The van der Waals surface area contributed by atoms with Crippen LogP contribution in [0.3, 0.4) is 0 Å². The van der Waals surface area contributed by atoms with Crippen molar-refractivity contribution in [3.63, 3.8) is 0 Å². The molecule has 2 atom stereocenters. The van der Waals surface area contributed by atoms with Crippen LogP contribution >= 0.6 is 23.2 Å². The number of halogens is 2. The summed E-state index contributed by atoms with van der Waals surface area (Å²) in [6.45, 7) is -0.597. The first-order valence-electron chi connectivity index (χ1n) is 12.3. The highest BCUT2D eigenvalue weighted by atomic mass is 35.5. The average Bonchev–Trinajstić information content (AvgIpc) is 3.55. The van der Waals surface area contributed by atoms with Gasteiger partial charge in [0.1, 0.15) is 12.3 Å². The first kappa shape index (κ1) is 26.6. The number of furan rings is 1. The Morgan fingerprint density at radius 2 is 1.62 bits per heavy atom. The van der Waals surface area contributed by atoms with Gasteiger partial charge < -0.3 is 9.15 Å². The zero-order valence-electron chi connectivity index (χ0n) is 20.5. The van der Waals surface area contributed by atoms with Gasteiger partial charge in [0.25, 0.3) is 17.7 Å². The Morgan fingerprint density at radius 1 is 0.949 bits per heavy atom. The fraction of sp³-hybridized carbons (Fsp3) is 0.250. The van der Waals surface area contributed by atoms with Gasteiger partial charge in [0.2, 0.25) is 5.76 Å². The molecule has 200 valence electrons. The summed E-state index contributed by atoms with van der Waals surface area (Å²) in [6, 6.07) is 12.9. The molecule has 2 aliphatic rings.